The van der Waals surface area contributed by atoms with Gasteiger partial charge >= 0.3 is 0 Å². The van der Waals surface area contributed by atoms with Gasteiger partial charge in [0.15, 0.2) is 5.78 Å². The molecule has 0 atom stereocenters. The Bertz CT molecular complexity index is 646. The Morgan fingerprint density at radius 2 is 1.90 bits per heavy atom. The molecule has 1 amide bonds. The van der Waals surface area contributed by atoms with Crippen LogP contribution < -0.4 is 5.32 Å². The molecular weight excluding hydrogens is 294 g/mol. The number of carbonyl (C=O) groups is 2. The molecule has 0 aliphatic rings. The molecule has 2 aromatic rings. The van der Waals surface area contributed by atoms with Crippen molar-refractivity contribution in [2.45, 2.75) is 33.6 Å². The lowest BCUT2D eigenvalue weighted by Crippen LogP contribution is -2.13. The van der Waals surface area contributed by atoms with Gasteiger partial charge in [0.25, 0.3) is 0 Å². The van der Waals surface area contributed by atoms with Crippen molar-refractivity contribution in [2.75, 3.05) is 5.32 Å². The Kier molecular flexibility index (Phi) is 4.61. The van der Waals surface area contributed by atoms with Crippen molar-refractivity contribution in [3.05, 3.63) is 26.4 Å². The number of nitrogens with one attached hydrogen (secondary N) is 1. The number of anilines is 1. The molecule has 2 rings (SSSR count). The van der Waals surface area contributed by atoms with Crippen LogP contribution in [0.25, 0.3) is 0 Å². The van der Waals surface area contributed by atoms with E-state index in [9.17, 15) is 9.59 Å². The van der Waals surface area contributed by atoms with Gasteiger partial charge in [0.2, 0.25) is 11.0 Å². The topological polar surface area (TPSA) is 72.0 Å². The van der Waals surface area contributed by atoms with E-state index in [0.29, 0.717) is 5.13 Å². The molecule has 1 N–H and O–H groups in total. The maximum absolute atomic E-state index is 12.0. The number of hydrogen-bond acceptors (Lipinski definition) is 6. The minimum Gasteiger partial charge on any atom is -0.301 e. The molecule has 0 unspecified atom stereocenters. The van der Waals surface area contributed by atoms with E-state index in [4.69, 9.17) is 0 Å². The average Bonchev–Trinajstić information content (AvgIpc) is 2.92. The van der Waals surface area contributed by atoms with Gasteiger partial charge in [-0.3, -0.25) is 9.59 Å². The summed E-state index contributed by atoms with van der Waals surface area (Å²) >= 11 is 2.91. The summed E-state index contributed by atoms with van der Waals surface area (Å²) in [5.74, 6) is -0.199. The molecule has 5 nitrogen and oxygen atoms in total. The number of amides is 1. The summed E-state index contributed by atoms with van der Waals surface area (Å²) < 4.78 is 0. The first kappa shape index (κ1) is 14.8. The molecule has 106 valence electrons. The largest absolute Gasteiger partial charge is 0.301 e. The van der Waals surface area contributed by atoms with E-state index in [0.717, 1.165) is 20.3 Å². The third kappa shape index (κ3) is 3.71. The zero-order chi connectivity index (χ0) is 14.7. The maximum atomic E-state index is 12.0. The van der Waals surface area contributed by atoms with Crippen molar-refractivity contribution in [3.8, 4) is 0 Å². The highest BCUT2D eigenvalue weighted by Gasteiger charge is 2.14. The van der Waals surface area contributed by atoms with Gasteiger partial charge in [-0.15, -0.1) is 21.5 Å². The molecule has 0 bridgehead atoms. The molecule has 2 heterocycles. The zero-order valence-corrected chi connectivity index (χ0v) is 13.2. The van der Waals surface area contributed by atoms with E-state index in [1.165, 1.54) is 11.3 Å². The van der Waals surface area contributed by atoms with Gasteiger partial charge in [-0.2, -0.15) is 0 Å². The van der Waals surface area contributed by atoms with Gasteiger partial charge in [0.1, 0.15) is 5.01 Å². The molecule has 0 saturated heterocycles. The number of carbonyl (C=O) groups excluding carboxylic acids is 2. The molecule has 0 radical (unpaired) electrons. The number of nitrogens with zero attached hydrogens (tertiary/aromatic N) is 2. The Morgan fingerprint density at radius 1 is 1.15 bits per heavy atom. The highest BCUT2D eigenvalue weighted by Crippen LogP contribution is 2.22. The van der Waals surface area contributed by atoms with E-state index < -0.39 is 0 Å². The summed E-state index contributed by atoms with van der Waals surface area (Å²) in [6.07, 6.45) is 0.367. The molecule has 0 spiro atoms. The van der Waals surface area contributed by atoms with E-state index >= 15 is 0 Å². The first-order chi connectivity index (χ1) is 9.45. The maximum Gasteiger partial charge on any atom is 0.226 e. The quantitative estimate of drug-likeness (QED) is 0.861. The van der Waals surface area contributed by atoms with Gasteiger partial charge in [-0.1, -0.05) is 11.3 Å². The summed E-state index contributed by atoms with van der Waals surface area (Å²) in [7, 11) is 0. The normalized spacial score (nSPS) is 10.6. The fourth-order valence-corrected chi connectivity index (χ4v) is 3.35. The van der Waals surface area contributed by atoms with Crippen molar-refractivity contribution in [1.29, 1.82) is 0 Å². The van der Waals surface area contributed by atoms with Crippen molar-refractivity contribution in [2.24, 2.45) is 0 Å². The highest BCUT2D eigenvalue weighted by molar-refractivity contribution is 7.15. The van der Waals surface area contributed by atoms with Crippen LogP contribution in [0.5, 0.6) is 0 Å². The van der Waals surface area contributed by atoms with E-state index in [2.05, 4.69) is 15.5 Å². The van der Waals surface area contributed by atoms with Crippen molar-refractivity contribution < 1.29 is 9.59 Å². The number of aryl methyl sites for hydroxylation is 3. The molecule has 0 aliphatic heterocycles. The number of Topliss-reactive ketones (excluding diaryl/α,β-unsaturated/α-hetero) is 1. The Morgan fingerprint density at radius 3 is 2.45 bits per heavy atom. The number of ketones is 1. The van der Waals surface area contributed by atoms with E-state index in [1.807, 2.05) is 26.8 Å². The van der Waals surface area contributed by atoms with Gasteiger partial charge < -0.3 is 5.32 Å². The molecule has 7 heteroatoms. The minimum atomic E-state index is -0.209. The van der Waals surface area contributed by atoms with Crippen LogP contribution in [0, 0.1) is 20.8 Å². The lowest BCUT2D eigenvalue weighted by molar-refractivity contribution is -0.116. The van der Waals surface area contributed by atoms with Crippen LogP contribution in [0.15, 0.2) is 6.07 Å². The molecule has 0 aromatic carbocycles. The molecule has 0 aliphatic carbocycles. The van der Waals surface area contributed by atoms with Crippen molar-refractivity contribution in [1.82, 2.24) is 10.2 Å². The third-order valence-electron chi connectivity index (χ3n) is 2.69. The lowest BCUT2D eigenvalue weighted by atomic mass is 10.1. The number of thiophene rings is 1. The standard InChI is InChI=1S/C13H15N3O2S2/c1-7-6-10(8(2)19-7)11(17)4-5-12(18)14-13-16-15-9(3)20-13/h6H,4-5H2,1-3H3,(H,14,16,18). The molecule has 2 aromatic heterocycles. The Balaban J connectivity index is 1.87. The predicted molar refractivity (Wildman–Crippen MR) is 80.6 cm³/mol. The minimum absolute atomic E-state index is 0.00967. The average molecular weight is 309 g/mol. The fraction of sp³-hybridized carbons (Fsp3) is 0.385. The Labute approximate surface area is 125 Å². The van der Waals surface area contributed by atoms with E-state index in [-0.39, 0.29) is 24.5 Å². The van der Waals surface area contributed by atoms with Gasteiger partial charge in [0, 0.05) is 28.2 Å². The van der Waals surface area contributed by atoms with Crippen molar-refractivity contribution in [3.63, 3.8) is 0 Å². The fourth-order valence-electron chi connectivity index (χ4n) is 1.80. The molecule has 0 fully saturated rings. The first-order valence-electron chi connectivity index (χ1n) is 6.16. The van der Waals surface area contributed by atoms with Crippen LogP contribution >= 0.6 is 22.7 Å². The van der Waals surface area contributed by atoms with Crippen LogP contribution in [-0.4, -0.2) is 21.9 Å². The SMILES string of the molecule is Cc1cc(C(=O)CCC(=O)Nc2nnc(C)s2)c(C)s1. The van der Waals surface area contributed by atoms with Crippen LogP contribution in [0.3, 0.4) is 0 Å². The van der Waals surface area contributed by atoms with Gasteiger partial charge in [-0.25, -0.2) is 0 Å². The monoisotopic (exact) mass is 309 g/mol. The number of hydrogen-bond donors (Lipinski definition) is 1. The second-order valence-electron chi connectivity index (χ2n) is 4.42. The number of rotatable bonds is 5. The Hall–Kier alpha value is -1.60. The predicted octanol–water partition coefficient (Wildman–Crippen LogP) is 3.13. The summed E-state index contributed by atoms with van der Waals surface area (Å²) in [5, 5.41) is 11.5. The second kappa shape index (κ2) is 6.23. The van der Waals surface area contributed by atoms with Gasteiger partial charge in [0.05, 0.1) is 0 Å². The summed E-state index contributed by atoms with van der Waals surface area (Å²) in [6, 6.07) is 1.88. The smallest absolute Gasteiger partial charge is 0.226 e. The molecular formula is C13H15N3O2S2. The molecule has 0 saturated carbocycles. The van der Waals surface area contributed by atoms with Crippen LogP contribution in [0.2, 0.25) is 0 Å². The van der Waals surface area contributed by atoms with Crippen LogP contribution in [0.1, 0.15) is 38.0 Å². The van der Waals surface area contributed by atoms with Crippen LogP contribution in [-0.2, 0) is 4.79 Å². The van der Waals surface area contributed by atoms with Crippen LogP contribution in [0.4, 0.5) is 5.13 Å². The summed E-state index contributed by atoms with van der Waals surface area (Å²) in [6.45, 7) is 5.71. The first-order valence-corrected chi connectivity index (χ1v) is 7.79. The van der Waals surface area contributed by atoms with Crippen molar-refractivity contribution >= 4 is 39.5 Å². The van der Waals surface area contributed by atoms with E-state index in [1.54, 1.807) is 11.3 Å². The summed E-state index contributed by atoms with van der Waals surface area (Å²) in [4.78, 5) is 25.9. The second-order valence-corrected chi connectivity index (χ2v) is 7.07. The lowest BCUT2D eigenvalue weighted by Gasteiger charge is -2.01. The zero-order valence-electron chi connectivity index (χ0n) is 11.5. The molecule has 20 heavy (non-hydrogen) atoms. The summed E-state index contributed by atoms with van der Waals surface area (Å²) in [5.41, 5.74) is 0.729. The van der Waals surface area contributed by atoms with Gasteiger partial charge in [-0.05, 0) is 26.8 Å². The number of aromatic nitrogens is 2. The third-order valence-corrected chi connectivity index (χ3v) is 4.41. The highest BCUT2D eigenvalue weighted by atomic mass is 32.1.